The third-order valence-electron chi connectivity index (χ3n) is 2.58. The highest BCUT2D eigenvalue weighted by Gasteiger charge is 2.24. The van der Waals surface area contributed by atoms with E-state index in [2.05, 4.69) is 5.32 Å². The van der Waals surface area contributed by atoms with Crippen molar-refractivity contribution in [3.05, 3.63) is 0 Å². The Hall–Kier alpha value is -0.320. The summed E-state index contributed by atoms with van der Waals surface area (Å²) in [4.78, 5) is 11.4. The fourth-order valence-corrected chi connectivity index (χ4v) is 1.84. The van der Waals surface area contributed by atoms with Crippen molar-refractivity contribution in [2.75, 3.05) is 0 Å². The molecule has 5 heteroatoms. The van der Waals surface area contributed by atoms with E-state index in [9.17, 15) is 9.90 Å². The highest BCUT2D eigenvalue weighted by molar-refractivity contribution is 5.85. The molecule has 1 aliphatic carbocycles. The minimum absolute atomic E-state index is 0. The Bertz CT molecular complexity index is 200. The second-order valence-electron chi connectivity index (χ2n) is 4.21. The third kappa shape index (κ3) is 5.35. The number of carbonyl (C=O) groups excluding carboxylic acids is 1. The molecule has 1 unspecified atom stereocenters. The van der Waals surface area contributed by atoms with Crippen LogP contribution in [0.4, 0.5) is 0 Å². The molecule has 0 bridgehead atoms. The van der Waals surface area contributed by atoms with Crippen LogP contribution in [0.1, 0.15) is 39.0 Å². The first-order valence-corrected chi connectivity index (χ1v) is 5.32. The predicted molar refractivity (Wildman–Crippen MR) is 61.9 cm³/mol. The second kappa shape index (κ2) is 7.04. The zero-order valence-corrected chi connectivity index (χ0v) is 9.93. The molecule has 1 rings (SSSR count). The van der Waals surface area contributed by atoms with E-state index >= 15 is 0 Å². The van der Waals surface area contributed by atoms with Crippen LogP contribution in [-0.4, -0.2) is 29.2 Å². The van der Waals surface area contributed by atoms with E-state index in [1.54, 1.807) is 6.92 Å². The van der Waals surface area contributed by atoms with Gasteiger partial charge in [0.2, 0.25) is 5.91 Å². The molecule has 1 aliphatic rings. The monoisotopic (exact) mass is 236 g/mol. The Kier molecular flexibility index (Phi) is 6.89. The lowest BCUT2D eigenvalue weighted by molar-refractivity contribution is -0.123. The number of nitrogens with one attached hydrogen (secondary N) is 1. The topological polar surface area (TPSA) is 75.4 Å². The van der Waals surface area contributed by atoms with Gasteiger partial charge in [-0.05, 0) is 19.8 Å². The first-order chi connectivity index (χ1) is 6.59. The summed E-state index contributed by atoms with van der Waals surface area (Å²) in [6, 6.07) is -0.175. The number of halogens is 1. The number of aliphatic hydroxyl groups excluding tert-OH is 1. The fraction of sp³-hybridized carbons (Fsp3) is 0.900. The fourth-order valence-electron chi connectivity index (χ4n) is 1.84. The molecule has 4 N–H and O–H groups in total. The number of hydrogen-bond acceptors (Lipinski definition) is 3. The van der Waals surface area contributed by atoms with Crippen molar-refractivity contribution in [2.24, 2.45) is 5.73 Å². The Labute approximate surface area is 97.0 Å². The lowest BCUT2D eigenvalue weighted by atomic mass is 9.92. The number of hydrogen-bond donors (Lipinski definition) is 3. The number of nitrogens with two attached hydrogens (primary N) is 1. The maximum atomic E-state index is 11.4. The maximum Gasteiger partial charge on any atom is 0.221 e. The number of aliphatic hydroxyl groups is 1. The third-order valence-corrected chi connectivity index (χ3v) is 2.58. The molecule has 3 atom stereocenters. The summed E-state index contributed by atoms with van der Waals surface area (Å²) >= 11 is 0. The van der Waals surface area contributed by atoms with Crippen molar-refractivity contribution in [3.8, 4) is 0 Å². The molecule has 0 aromatic carbocycles. The average Bonchev–Trinajstić information content (AvgIpc) is 2.07. The van der Waals surface area contributed by atoms with Gasteiger partial charge in [-0.2, -0.15) is 0 Å². The summed E-state index contributed by atoms with van der Waals surface area (Å²) in [5, 5.41) is 12.4. The van der Waals surface area contributed by atoms with Gasteiger partial charge in [0, 0.05) is 12.5 Å². The molecule has 0 aromatic heterocycles. The quantitative estimate of drug-likeness (QED) is 0.671. The van der Waals surface area contributed by atoms with Crippen LogP contribution in [0.3, 0.4) is 0 Å². The van der Waals surface area contributed by atoms with Gasteiger partial charge < -0.3 is 16.2 Å². The van der Waals surface area contributed by atoms with Crippen LogP contribution >= 0.6 is 12.4 Å². The van der Waals surface area contributed by atoms with Crippen LogP contribution in [0.5, 0.6) is 0 Å². The van der Waals surface area contributed by atoms with Gasteiger partial charge in [-0.1, -0.05) is 12.8 Å². The minimum Gasteiger partial charge on any atom is -0.391 e. The van der Waals surface area contributed by atoms with Crippen LogP contribution in [0.15, 0.2) is 0 Å². The van der Waals surface area contributed by atoms with Crippen molar-refractivity contribution in [1.29, 1.82) is 0 Å². The Balaban J connectivity index is 0.00000196. The normalized spacial score (nSPS) is 27.7. The summed E-state index contributed by atoms with van der Waals surface area (Å²) < 4.78 is 0. The van der Waals surface area contributed by atoms with Gasteiger partial charge in [-0.15, -0.1) is 12.4 Å². The molecule has 1 fully saturated rings. The number of carbonyl (C=O) groups is 1. The summed E-state index contributed by atoms with van der Waals surface area (Å²) in [5.74, 6) is -0.0500. The van der Waals surface area contributed by atoms with Gasteiger partial charge in [-0.25, -0.2) is 0 Å². The molecular weight excluding hydrogens is 216 g/mol. The van der Waals surface area contributed by atoms with E-state index in [-0.39, 0.29) is 36.5 Å². The second-order valence-corrected chi connectivity index (χ2v) is 4.21. The van der Waals surface area contributed by atoms with E-state index in [1.165, 1.54) is 0 Å². The first kappa shape index (κ1) is 14.7. The lowest BCUT2D eigenvalue weighted by Crippen LogP contribution is -2.46. The van der Waals surface area contributed by atoms with E-state index in [0.29, 0.717) is 6.42 Å². The van der Waals surface area contributed by atoms with Crippen LogP contribution < -0.4 is 11.1 Å². The molecule has 0 aliphatic heterocycles. The first-order valence-electron chi connectivity index (χ1n) is 5.32. The van der Waals surface area contributed by atoms with Crippen molar-refractivity contribution >= 4 is 18.3 Å². The summed E-state index contributed by atoms with van der Waals surface area (Å²) in [6.45, 7) is 1.80. The highest BCUT2D eigenvalue weighted by atomic mass is 35.5. The van der Waals surface area contributed by atoms with Crippen LogP contribution in [0, 0.1) is 0 Å². The van der Waals surface area contributed by atoms with Gasteiger partial charge >= 0.3 is 0 Å². The molecule has 0 radical (unpaired) electrons. The van der Waals surface area contributed by atoms with Gasteiger partial charge in [0.25, 0.3) is 0 Å². The SMILES string of the molecule is CC(N)CC(=O)N[C@H]1CCCC[C@H]1O.Cl. The molecule has 0 heterocycles. The molecule has 15 heavy (non-hydrogen) atoms. The standard InChI is InChI=1S/C10H20N2O2.ClH/c1-7(11)6-10(14)12-8-4-2-3-5-9(8)13;/h7-9,13H,2-6,11H2,1H3,(H,12,14);1H/t7?,8-,9+;/m0./s1. The van der Waals surface area contributed by atoms with E-state index in [0.717, 1.165) is 25.7 Å². The minimum atomic E-state index is -0.374. The van der Waals surface area contributed by atoms with E-state index in [4.69, 9.17) is 5.73 Å². The largest absolute Gasteiger partial charge is 0.391 e. The van der Waals surface area contributed by atoms with E-state index < -0.39 is 0 Å². The zero-order chi connectivity index (χ0) is 10.6. The molecule has 1 saturated carbocycles. The molecule has 4 nitrogen and oxygen atoms in total. The van der Waals surface area contributed by atoms with Crippen LogP contribution in [0.2, 0.25) is 0 Å². The predicted octanol–water partition coefficient (Wildman–Crippen LogP) is 0.565. The molecule has 0 aromatic rings. The molecule has 0 spiro atoms. The van der Waals surface area contributed by atoms with Crippen LogP contribution in [-0.2, 0) is 4.79 Å². The van der Waals surface area contributed by atoms with Gasteiger partial charge in [-0.3, -0.25) is 4.79 Å². The summed E-state index contributed by atoms with van der Waals surface area (Å²) in [7, 11) is 0. The molecule has 90 valence electrons. The van der Waals surface area contributed by atoms with Crippen molar-refractivity contribution in [1.82, 2.24) is 5.32 Å². The number of rotatable bonds is 3. The van der Waals surface area contributed by atoms with Gasteiger partial charge in [0.1, 0.15) is 0 Å². The Morgan fingerprint density at radius 2 is 2.13 bits per heavy atom. The number of amides is 1. The smallest absolute Gasteiger partial charge is 0.221 e. The van der Waals surface area contributed by atoms with Crippen molar-refractivity contribution in [2.45, 2.75) is 57.2 Å². The summed E-state index contributed by atoms with van der Waals surface area (Å²) in [5.41, 5.74) is 5.51. The van der Waals surface area contributed by atoms with Gasteiger partial charge in [0.15, 0.2) is 0 Å². The van der Waals surface area contributed by atoms with E-state index in [1.807, 2.05) is 0 Å². The maximum absolute atomic E-state index is 11.4. The zero-order valence-electron chi connectivity index (χ0n) is 9.11. The summed E-state index contributed by atoms with van der Waals surface area (Å²) in [6.07, 6.45) is 3.78. The van der Waals surface area contributed by atoms with Crippen molar-refractivity contribution in [3.63, 3.8) is 0 Å². The average molecular weight is 237 g/mol. The molecule has 1 amide bonds. The molecular formula is C10H21ClN2O2. The Morgan fingerprint density at radius 3 is 2.67 bits per heavy atom. The van der Waals surface area contributed by atoms with Crippen molar-refractivity contribution < 1.29 is 9.90 Å². The Morgan fingerprint density at radius 1 is 1.53 bits per heavy atom. The molecule has 0 saturated heterocycles. The van der Waals surface area contributed by atoms with Crippen LogP contribution in [0.25, 0.3) is 0 Å². The van der Waals surface area contributed by atoms with Gasteiger partial charge in [0.05, 0.1) is 12.1 Å². The lowest BCUT2D eigenvalue weighted by Gasteiger charge is -2.28. The highest BCUT2D eigenvalue weighted by Crippen LogP contribution is 2.18.